The van der Waals surface area contributed by atoms with Crippen LogP contribution in [0.25, 0.3) is 0 Å². The maximum Gasteiger partial charge on any atom is 0.268 e. The molecule has 8 heteroatoms. The minimum atomic E-state index is -3.59. The molecular weight excluding hydrogens is 382 g/mol. The van der Waals surface area contributed by atoms with Crippen molar-refractivity contribution in [3.63, 3.8) is 0 Å². The van der Waals surface area contributed by atoms with Crippen molar-refractivity contribution in [2.24, 2.45) is 0 Å². The topological polar surface area (TPSA) is 82.3 Å². The van der Waals surface area contributed by atoms with Gasteiger partial charge in [0.15, 0.2) is 0 Å². The zero-order chi connectivity index (χ0) is 19.4. The Bertz CT molecular complexity index is 878. The third-order valence-electron chi connectivity index (χ3n) is 5.00. The molecule has 1 aliphatic rings. The van der Waals surface area contributed by atoms with Gasteiger partial charge < -0.3 is 10.3 Å². The average Bonchev–Trinajstić information content (AvgIpc) is 3.12. The number of nitrogens with one attached hydrogen (secondary N) is 2. The van der Waals surface area contributed by atoms with Crippen LogP contribution in [0, 0.1) is 13.8 Å². The molecule has 27 heavy (non-hydrogen) atoms. The smallest absolute Gasteiger partial charge is 0.268 e. The first kappa shape index (κ1) is 20.1. The summed E-state index contributed by atoms with van der Waals surface area (Å²) in [6, 6.07) is 4.02. The van der Waals surface area contributed by atoms with Crippen molar-refractivity contribution in [1.29, 1.82) is 0 Å². The van der Waals surface area contributed by atoms with E-state index in [1.54, 1.807) is 29.5 Å². The molecule has 0 bridgehead atoms. The van der Waals surface area contributed by atoms with Crippen molar-refractivity contribution in [2.45, 2.75) is 50.8 Å². The van der Waals surface area contributed by atoms with Gasteiger partial charge in [-0.3, -0.25) is 4.79 Å². The van der Waals surface area contributed by atoms with E-state index in [1.807, 2.05) is 17.5 Å². The fourth-order valence-electron chi connectivity index (χ4n) is 3.60. The summed E-state index contributed by atoms with van der Waals surface area (Å²) in [5.74, 6) is -0.260. The number of amides is 1. The SMILES string of the molecule is Cc1[nH]c(C(=O)NCCc2cccs2)c(C)c1S(=O)(=O)N1CCCCCC1. The van der Waals surface area contributed by atoms with Crippen molar-refractivity contribution in [3.8, 4) is 0 Å². The maximum absolute atomic E-state index is 13.2. The van der Waals surface area contributed by atoms with Crippen molar-refractivity contribution in [2.75, 3.05) is 19.6 Å². The molecular formula is C19H27N3O3S2. The van der Waals surface area contributed by atoms with Crippen LogP contribution in [0.4, 0.5) is 0 Å². The first-order valence-corrected chi connectivity index (χ1v) is 11.7. The van der Waals surface area contributed by atoms with E-state index in [4.69, 9.17) is 0 Å². The molecule has 0 unspecified atom stereocenters. The highest BCUT2D eigenvalue weighted by atomic mass is 32.2. The highest BCUT2D eigenvalue weighted by Crippen LogP contribution is 2.28. The maximum atomic E-state index is 13.2. The van der Waals surface area contributed by atoms with Crippen LogP contribution in [-0.4, -0.2) is 43.2 Å². The van der Waals surface area contributed by atoms with Gasteiger partial charge in [0.25, 0.3) is 5.91 Å². The Balaban J connectivity index is 1.76. The fraction of sp³-hybridized carbons (Fsp3) is 0.526. The molecule has 0 saturated carbocycles. The second-order valence-corrected chi connectivity index (χ2v) is 9.89. The highest BCUT2D eigenvalue weighted by molar-refractivity contribution is 7.89. The Kier molecular flexibility index (Phi) is 6.39. The molecule has 2 aromatic rings. The first-order valence-electron chi connectivity index (χ1n) is 9.41. The van der Waals surface area contributed by atoms with Gasteiger partial charge in [0, 0.05) is 30.2 Å². The standard InChI is InChI=1S/C19H27N3O3S2/c1-14-17(19(23)20-10-9-16-8-7-13-26-16)21-15(2)18(14)27(24,25)22-11-5-3-4-6-12-22/h7-8,13,21H,3-6,9-12H2,1-2H3,(H,20,23). The summed E-state index contributed by atoms with van der Waals surface area (Å²) in [6.45, 7) is 5.05. The number of aromatic amines is 1. The summed E-state index contributed by atoms with van der Waals surface area (Å²) in [5.41, 5.74) is 1.37. The first-order chi connectivity index (χ1) is 12.9. The van der Waals surface area contributed by atoms with E-state index in [0.29, 0.717) is 36.6 Å². The van der Waals surface area contributed by atoms with Gasteiger partial charge in [-0.05, 0) is 50.1 Å². The molecule has 1 amide bonds. The number of nitrogens with zero attached hydrogens (tertiary/aromatic N) is 1. The Labute approximate surface area is 165 Å². The molecule has 3 rings (SSSR count). The van der Waals surface area contributed by atoms with Crippen molar-refractivity contribution in [1.82, 2.24) is 14.6 Å². The largest absolute Gasteiger partial charge is 0.353 e. The third kappa shape index (κ3) is 4.44. The van der Waals surface area contributed by atoms with E-state index in [1.165, 1.54) is 4.88 Å². The van der Waals surface area contributed by atoms with Crippen molar-refractivity contribution >= 4 is 27.3 Å². The van der Waals surface area contributed by atoms with Gasteiger partial charge in [-0.25, -0.2) is 8.42 Å². The number of aryl methyl sites for hydroxylation is 1. The van der Waals surface area contributed by atoms with Crippen LogP contribution >= 0.6 is 11.3 Å². The van der Waals surface area contributed by atoms with Crippen LogP contribution in [-0.2, 0) is 16.4 Å². The number of hydrogen-bond acceptors (Lipinski definition) is 4. The summed E-state index contributed by atoms with van der Waals surface area (Å²) in [5, 5.41) is 4.90. The molecule has 1 saturated heterocycles. The lowest BCUT2D eigenvalue weighted by Gasteiger charge is -2.20. The quantitative estimate of drug-likeness (QED) is 0.768. The van der Waals surface area contributed by atoms with Gasteiger partial charge in [0.05, 0.1) is 0 Å². The summed E-state index contributed by atoms with van der Waals surface area (Å²) in [4.78, 5) is 17.0. The van der Waals surface area contributed by atoms with Gasteiger partial charge >= 0.3 is 0 Å². The predicted molar refractivity (Wildman–Crippen MR) is 108 cm³/mol. The van der Waals surface area contributed by atoms with Crippen LogP contribution in [0.5, 0.6) is 0 Å². The third-order valence-corrected chi connectivity index (χ3v) is 8.11. The summed E-state index contributed by atoms with van der Waals surface area (Å²) in [7, 11) is -3.59. The molecule has 2 aromatic heterocycles. The van der Waals surface area contributed by atoms with Crippen LogP contribution in [0.1, 0.15) is 52.3 Å². The molecule has 0 spiro atoms. The number of thiophene rings is 1. The number of sulfonamides is 1. The molecule has 148 valence electrons. The lowest BCUT2D eigenvalue weighted by Crippen LogP contribution is -2.32. The van der Waals surface area contributed by atoms with Gasteiger partial charge in [-0.1, -0.05) is 18.9 Å². The zero-order valence-electron chi connectivity index (χ0n) is 15.9. The van der Waals surface area contributed by atoms with Gasteiger partial charge in [0.1, 0.15) is 10.6 Å². The summed E-state index contributed by atoms with van der Waals surface area (Å²) in [6.07, 6.45) is 4.67. The minimum Gasteiger partial charge on any atom is -0.353 e. The van der Waals surface area contributed by atoms with E-state index < -0.39 is 10.0 Å². The number of aromatic nitrogens is 1. The number of H-pyrrole nitrogens is 1. The number of hydrogen-bond donors (Lipinski definition) is 2. The van der Waals surface area contributed by atoms with E-state index in [-0.39, 0.29) is 10.8 Å². The number of carbonyl (C=O) groups is 1. The molecule has 2 N–H and O–H groups in total. The minimum absolute atomic E-state index is 0.257. The fourth-order valence-corrected chi connectivity index (χ4v) is 6.23. The van der Waals surface area contributed by atoms with E-state index in [2.05, 4.69) is 10.3 Å². The van der Waals surface area contributed by atoms with Crippen LogP contribution < -0.4 is 5.32 Å². The molecule has 3 heterocycles. The van der Waals surface area contributed by atoms with E-state index >= 15 is 0 Å². The monoisotopic (exact) mass is 409 g/mol. The lowest BCUT2D eigenvalue weighted by atomic mass is 10.2. The second kappa shape index (κ2) is 8.58. The summed E-state index contributed by atoms with van der Waals surface area (Å²) >= 11 is 1.66. The number of carbonyl (C=O) groups excluding carboxylic acids is 1. The molecule has 0 aliphatic carbocycles. The van der Waals surface area contributed by atoms with E-state index in [0.717, 1.165) is 32.1 Å². The van der Waals surface area contributed by atoms with Crippen molar-refractivity contribution in [3.05, 3.63) is 39.3 Å². The Morgan fingerprint density at radius 3 is 2.56 bits per heavy atom. The molecule has 0 aromatic carbocycles. The second-order valence-electron chi connectivity index (χ2n) is 6.98. The molecule has 1 fully saturated rings. The van der Waals surface area contributed by atoms with Gasteiger partial charge in [-0.15, -0.1) is 11.3 Å². The van der Waals surface area contributed by atoms with Crippen LogP contribution in [0.3, 0.4) is 0 Å². The summed E-state index contributed by atoms with van der Waals surface area (Å²) < 4.78 is 27.9. The lowest BCUT2D eigenvalue weighted by molar-refractivity contribution is 0.0949. The zero-order valence-corrected chi connectivity index (χ0v) is 17.5. The van der Waals surface area contributed by atoms with Gasteiger partial charge in [0.2, 0.25) is 10.0 Å². The van der Waals surface area contributed by atoms with Crippen LogP contribution in [0.2, 0.25) is 0 Å². The Morgan fingerprint density at radius 1 is 1.22 bits per heavy atom. The Hall–Kier alpha value is -1.64. The highest BCUT2D eigenvalue weighted by Gasteiger charge is 2.31. The average molecular weight is 410 g/mol. The molecule has 1 aliphatic heterocycles. The molecule has 6 nitrogen and oxygen atoms in total. The predicted octanol–water partition coefficient (Wildman–Crippen LogP) is 3.23. The van der Waals surface area contributed by atoms with Crippen LogP contribution in [0.15, 0.2) is 22.4 Å². The van der Waals surface area contributed by atoms with E-state index in [9.17, 15) is 13.2 Å². The van der Waals surface area contributed by atoms with Gasteiger partial charge in [-0.2, -0.15) is 4.31 Å². The van der Waals surface area contributed by atoms with Crippen molar-refractivity contribution < 1.29 is 13.2 Å². The Morgan fingerprint density at radius 2 is 1.93 bits per heavy atom. The molecule has 0 atom stereocenters. The molecule has 0 radical (unpaired) electrons. The number of rotatable bonds is 6. The normalized spacial score (nSPS) is 16.2.